The van der Waals surface area contributed by atoms with E-state index >= 15 is 0 Å². The van der Waals surface area contributed by atoms with Gasteiger partial charge in [-0.05, 0) is 56.7 Å². The number of benzene rings is 1. The second-order valence-electron chi connectivity index (χ2n) is 6.05. The number of nitrogens with one attached hydrogen (secondary N) is 1. The summed E-state index contributed by atoms with van der Waals surface area (Å²) in [6, 6.07) is 6.98. The molecule has 0 saturated carbocycles. The zero-order valence-corrected chi connectivity index (χ0v) is 12.7. The lowest BCUT2D eigenvalue weighted by molar-refractivity contribution is 0.575. The average molecular weight is 273 g/mol. The van der Waals surface area contributed by atoms with Crippen LogP contribution >= 0.6 is 0 Å². The molecule has 3 rings (SSSR count). The van der Waals surface area contributed by atoms with E-state index < -0.39 is 0 Å². The van der Waals surface area contributed by atoms with Gasteiger partial charge >= 0.3 is 0 Å². The maximum atomic E-state index is 3.40. The van der Waals surface area contributed by atoms with Gasteiger partial charge in [-0.1, -0.05) is 0 Å². The van der Waals surface area contributed by atoms with Gasteiger partial charge < -0.3 is 15.1 Å². The highest BCUT2D eigenvalue weighted by atomic mass is 15.2. The van der Waals surface area contributed by atoms with E-state index in [9.17, 15) is 0 Å². The van der Waals surface area contributed by atoms with Gasteiger partial charge in [0, 0.05) is 38.9 Å². The lowest BCUT2D eigenvalue weighted by Gasteiger charge is -2.33. The van der Waals surface area contributed by atoms with Crippen molar-refractivity contribution >= 4 is 17.1 Å². The molecule has 2 saturated heterocycles. The third-order valence-corrected chi connectivity index (χ3v) is 4.67. The third kappa shape index (κ3) is 2.87. The fraction of sp³-hybridized carbons (Fsp3) is 0.647. The molecule has 3 heteroatoms. The van der Waals surface area contributed by atoms with Gasteiger partial charge in [0.05, 0.1) is 11.4 Å². The van der Waals surface area contributed by atoms with Crippen LogP contribution in [0.1, 0.15) is 38.5 Å². The number of hydrogen-bond donors (Lipinski definition) is 1. The van der Waals surface area contributed by atoms with E-state index in [1.54, 1.807) is 0 Å². The van der Waals surface area contributed by atoms with Gasteiger partial charge in [0.2, 0.25) is 0 Å². The summed E-state index contributed by atoms with van der Waals surface area (Å²) in [6.45, 7) is 4.84. The number of nitrogens with zero attached hydrogens (tertiary/aromatic N) is 2. The Hall–Kier alpha value is -1.38. The van der Waals surface area contributed by atoms with Crippen LogP contribution in [-0.2, 0) is 0 Å². The summed E-state index contributed by atoms with van der Waals surface area (Å²) < 4.78 is 0. The predicted octanol–water partition coefficient (Wildman–Crippen LogP) is 3.71. The Labute approximate surface area is 123 Å². The minimum absolute atomic E-state index is 1.21. The van der Waals surface area contributed by atoms with Gasteiger partial charge in [0.25, 0.3) is 0 Å². The van der Waals surface area contributed by atoms with Crippen LogP contribution in [0, 0.1) is 0 Å². The van der Waals surface area contributed by atoms with Gasteiger partial charge in [-0.15, -0.1) is 0 Å². The Morgan fingerprint density at radius 3 is 2.00 bits per heavy atom. The molecule has 0 aliphatic carbocycles. The second kappa shape index (κ2) is 6.38. The van der Waals surface area contributed by atoms with Crippen LogP contribution in [-0.4, -0.2) is 33.2 Å². The molecule has 1 aromatic carbocycles. The van der Waals surface area contributed by atoms with Crippen molar-refractivity contribution in [2.75, 3.05) is 48.3 Å². The molecule has 3 nitrogen and oxygen atoms in total. The molecular weight excluding hydrogens is 246 g/mol. The van der Waals surface area contributed by atoms with Crippen molar-refractivity contribution in [3.63, 3.8) is 0 Å². The average Bonchev–Trinajstić information content (AvgIpc) is 2.56. The number of piperidine rings is 2. The fourth-order valence-corrected chi connectivity index (χ4v) is 3.48. The molecule has 2 fully saturated rings. The van der Waals surface area contributed by atoms with Crippen LogP contribution in [0.4, 0.5) is 17.1 Å². The van der Waals surface area contributed by atoms with Crippen LogP contribution in [0.25, 0.3) is 0 Å². The molecule has 2 aliphatic heterocycles. The van der Waals surface area contributed by atoms with Crippen LogP contribution < -0.4 is 15.1 Å². The third-order valence-electron chi connectivity index (χ3n) is 4.67. The molecule has 2 aliphatic rings. The molecule has 1 N–H and O–H groups in total. The van der Waals surface area contributed by atoms with Gasteiger partial charge in [0.1, 0.15) is 0 Å². The quantitative estimate of drug-likeness (QED) is 0.905. The van der Waals surface area contributed by atoms with Crippen LogP contribution in [0.2, 0.25) is 0 Å². The lowest BCUT2D eigenvalue weighted by atomic mass is 10.1. The smallest absolute Gasteiger partial charge is 0.0603 e. The maximum absolute atomic E-state index is 3.40. The van der Waals surface area contributed by atoms with Crippen molar-refractivity contribution in [2.24, 2.45) is 0 Å². The van der Waals surface area contributed by atoms with Gasteiger partial charge in [-0.25, -0.2) is 0 Å². The summed E-state index contributed by atoms with van der Waals surface area (Å²) in [7, 11) is 2.04. The summed E-state index contributed by atoms with van der Waals surface area (Å²) in [5.41, 5.74) is 4.05. The Morgan fingerprint density at radius 1 is 0.800 bits per heavy atom. The summed E-state index contributed by atoms with van der Waals surface area (Å²) in [6.07, 6.45) is 8.11. The van der Waals surface area contributed by atoms with Crippen molar-refractivity contribution in [3.8, 4) is 0 Å². The molecule has 0 aromatic heterocycles. The van der Waals surface area contributed by atoms with Crippen molar-refractivity contribution in [2.45, 2.75) is 38.5 Å². The first-order valence-corrected chi connectivity index (χ1v) is 8.20. The molecule has 0 spiro atoms. The highest BCUT2D eigenvalue weighted by molar-refractivity contribution is 5.75. The first kappa shape index (κ1) is 13.6. The van der Waals surface area contributed by atoms with E-state index in [2.05, 4.69) is 33.3 Å². The zero-order chi connectivity index (χ0) is 13.8. The topological polar surface area (TPSA) is 18.5 Å². The Morgan fingerprint density at radius 2 is 1.40 bits per heavy atom. The lowest BCUT2D eigenvalue weighted by Crippen LogP contribution is -2.31. The monoisotopic (exact) mass is 273 g/mol. The minimum atomic E-state index is 1.21. The van der Waals surface area contributed by atoms with Crippen molar-refractivity contribution in [1.82, 2.24) is 0 Å². The summed E-state index contributed by atoms with van der Waals surface area (Å²) in [5, 5.41) is 3.40. The van der Waals surface area contributed by atoms with E-state index in [4.69, 9.17) is 0 Å². The van der Waals surface area contributed by atoms with Gasteiger partial charge in [-0.3, -0.25) is 0 Å². The van der Waals surface area contributed by atoms with Crippen molar-refractivity contribution < 1.29 is 0 Å². The standard InChI is InChI=1S/C17H27N3/c1-18-16-14-15(19-10-4-2-5-11-19)8-9-17(16)20-12-6-3-7-13-20/h8-9,14,18H,2-7,10-13H2,1H3. The highest BCUT2D eigenvalue weighted by Gasteiger charge is 2.16. The van der Waals surface area contributed by atoms with Gasteiger partial charge in [-0.2, -0.15) is 0 Å². The first-order chi connectivity index (χ1) is 9.88. The van der Waals surface area contributed by atoms with E-state index in [1.165, 1.54) is 81.8 Å². The first-order valence-electron chi connectivity index (χ1n) is 8.20. The zero-order valence-electron chi connectivity index (χ0n) is 12.7. The van der Waals surface area contributed by atoms with E-state index in [1.807, 2.05) is 7.05 Å². The van der Waals surface area contributed by atoms with Crippen LogP contribution in [0.3, 0.4) is 0 Å². The number of hydrogen-bond acceptors (Lipinski definition) is 3. The Bertz CT molecular complexity index is 432. The fourth-order valence-electron chi connectivity index (χ4n) is 3.48. The summed E-state index contributed by atoms with van der Waals surface area (Å²) >= 11 is 0. The molecule has 2 heterocycles. The maximum Gasteiger partial charge on any atom is 0.0603 e. The largest absolute Gasteiger partial charge is 0.386 e. The Balaban J connectivity index is 1.81. The van der Waals surface area contributed by atoms with Gasteiger partial charge in [0.15, 0.2) is 0 Å². The van der Waals surface area contributed by atoms with E-state index in [0.717, 1.165) is 0 Å². The predicted molar refractivity (Wildman–Crippen MR) is 88.1 cm³/mol. The molecule has 0 bridgehead atoms. The molecular formula is C17H27N3. The molecule has 0 amide bonds. The summed E-state index contributed by atoms with van der Waals surface area (Å²) in [4.78, 5) is 5.07. The Kier molecular flexibility index (Phi) is 4.34. The number of anilines is 3. The van der Waals surface area contributed by atoms with Crippen molar-refractivity contribution in [1.29, 1.82) is 0 Å². The van der Waals surface area contributed by atoms with Crippen LogP contribution in [0.5, 0.6) is 0 Å². The second-order valence-corrected chi connectivity index (χ2v) is 6.05. The molecule has 0 atom stereocenters. The number of rotatable bonds is 3. The van der Waals surface area contributed by atoms with Crippen molar-refractivity contribution in [3.05, 3.63) is 18.2 Å². The molecule has 0 unspecified atom stereocenters. The molecule has 110 valence electrons. The molecule has 1 aromatic rings. The SMILES string of the molecule is CNc1cc(N2CCCCC2)ccc1N1CCCCC1. The molecule has 20 heavy (non-hydrogen) atoms. The minimum Gasteiger partial charge on any atom is -0.386 e. The van der Waals surface area contributed by atoms with E-state index in [0.29, 0.717) is 0 Å². The molecule has 0 radical (unpaired) electrons. The highest BCUT2D eigenvalue weighted by Crippen LogP contribution is 2.33. The van der Waals surface area contributed by atoms with E-state index in [-0.39, 0.29) is 0 Å². The normalized spacial score (nSPS) is 20.1. The van der Waals surface area contributed by atoms with Crippen LogP contribution in [0.15, 0.2) is 18.2 Å². The summed E-state index contributed by atoms with van der Waals surface area (Å²) in [5.74, 6) is 0.